The minimum absolute atomic E-state index is 0.0639. The quantitative estimate of drug-likeness (QED) is 0.383. The molecule has 0 saturated carbocycles. The molecule has 0 atom stereocenters. The highest BCUT2D eigenvalue weighted by Gasteiger charge is 2.16. The lowest BCUT2D eigenvalue weighted by atomic mass is 10.1. The number of thioether (sulfide) groups is 1. The average Bonchev–Trinajstić information content (AvgIpc) is 2.75. The Morgan fingerprint density at radius 1 is 0.806 bits per heavy atom. The fraction of sp³-hybridized carbons (Fsp3) is 0.0455. The molecule has 9 heteroatoms. The van der Waals surface area contributed by atoms with E-state index in [1.807, 2.05) is 0 Å². The van der Waals surface area contributed by atoms with Crippen molar-refractivity contribution in [3.63, 3.8) is 0 Å². The lowest BCUT2D eigenvalue weighted by molar-refractivity contribution is -0.113. The first kappa shape index (κ1) is 22.7. The van der Waals surface area contributed by atoms with Crippen LogP contribution in [0.4, 0.5) is 11.4 Å². The number of aromatic carboxylic acids is 1. The van der Waals surface area contributed by atoms with Crippen molar-refractivity contribution in [3.8, 4) is 0 Å². The second kappa shape index (κ2) is 10.3. The molecule has 0 heterocycles. The van der Waals surface area contributed by atoms with Gasteiger partial charge in [0.15, 0.2) is 0 Å². The Bertz CT molecular complexity index is 1150. The molecule has 0 aliphatic carbocycles. The summed E-state index contributed by atoms with van der Waals surface area (Å²) < 4.78 is 0. The van der Waals surface area contributed by atoms with Gasteiger partial charge in [0.2, 0.25) is 5.91 Å². The van der Waals surface area contributed by atoms with Gasteiger partial charge in [-0.05, 0) is 48.5 Å². The molecule has 0 radical (unpaired) electrons. The van der Waals surface area contributed by atoms with Crippen LogP contribution in [0.5, 0.6) is 0 Å². The highest BCUT2D eigenvalue weighted by Crippen LogP contribution is 2.26. The molecule has 3 N–H and O–H groups in total. The molecule has 31 heavy (non-hydrogen) atoms. The summed E-state index contributed by atoms with van der Waals surface area (Å²) >= 11 is 13.1. The van der Waals surface area contributed by atoms with Crippen LogP contribution >= 0.6 is 35.0 Å². The first-order valence-corrected chi connectivity index (χ1v) is 10.7. The number of carboxylic acid groups (broad SMARTS) is 1. The molecule has 2 amide bonds. The minimum atomic E-state index is -1.18. The van der Waals surface area contributed by atoms with Crippen molar-refractivity contribution in [2.75, 3.05) is 16.4 Å². The van der Waals surface area contributed by atoms with Crippen LogP contribution in [0.3, 0.4) is 0 Å². The van der Waals surface area contributed by atoms with Crippen LogP contribution in [0.25, 0.3) is 0 Å². The fourth-order valence-electron chi connectivity index (χ4n) is 2.65. The smallest absolute Gasteiger partial charge is 0.336 e. The maximum absolute atomic E-state index is 12.5. The van der Waals surface area contributed by atoms with Crippen molar-refractivity contribution in [1.82, 2.24) is 0 Å². The molecule has 0 unspecified atom stereocenters. The van der Waals surface area contributed by atoms with Crippen molar-refractivity contribution in [3.05, 3.63) is 87.9 Å². The second-order valence-corrected chi connectivity index (χ2v) is 8.16. The molecule has 0 spiro atoms. The Morgan fingerprint density at radius 3 is 2.23 bits per heavy atom. The fourth-order valence-corrected chi connectivity index (χ4v) is 3.70. The van der Waals surface area contributed by atoms with Crippen LogP contribution in [0.1, 0.15) is 20.7 Å². The molecule has 3 rings (SSSR count). The monoisotopic (exact) mass is 474 g/mol. The summed E-state index contributed by atoms with van der Waals surface area (Å²) in [6, 6.07) is 17.7. The Morgan fingerprint density at radius 2 is 1.52 bits per heavy atom. The van der Waals surface area contributed by atoms with E-state index in [0.717, 1.165) is 4.90 Å². The molecule has 158 valence electrons. The maximum atomic E-state index is 12.5. The number of halogens is 2. The van der Waals surface area contributed by atoms with Crippen molar-refractivity contribution in [1.29, 1.82) is 0 Å². The zero-order valence-corrected chi connectivity index (χ0v) is 18.2. The van der Waals surface area contributed by atoms with Crippen LogP contribution in [0.15, 0.2) is 71.6 Å². The lowest BCUT2D eigenvalue weighted by Crippen LogP contribution is -2.16. The van der Waals surface area contributed by atoms with Gasteiger partial charge in [0.25, 0.3) is 5.91 Å². The number of anilines is 2. The molecular formula is C22H16Cl2N2O4S. The summed E-state index contributed by atoms with van der Waals surface area (Å²) in [5, 5.41) is 15.4. The predicted octanol–water partition coefficient (Wildman–Crippen LogP) is 5.67. The summed E-state index contributed by atoms with van der Waals surface area (Å²) in [7, 11) is 0. The van der Waals surface area contributed by atoms with E-state index in [2.05, 4.69) is 10.6 Å². The first-order valence-electron chi connectivity index (χ1n) is 8.95. The highest BCUT2D eigenvalue weighted by atomic mass is 35.5. The third-order valence-corrected chi connectivity index (χ3v) is 5.80. The van der Waals surface area contributed by atoms with Crippen molar-refractivity contribution >= 4 is 64.1 Å². The summed E-state index contributed by atoms with van der Waals surface area (Å²) in [6.45, 7) is 0. The second-order valence-electron chi connectivity index (χ2n) is 6.30. The standard InChI is InChI=1S/C22H16Cl2N2O4S/c23-18-9-8-14(11-19(18)24)25-20(27)12-31-15-5-3-4-13(10-15)26-21(28)16-6-1-2-7-17(16)22(29)30/h1-11H,12H2,(H,25,27)(H,26,28)(H,29,30). The molecular weight excluding hydrogens is 459 g/mol. The van der Waals surface area contributed by atoms with Crippen LogP contribution in [-0.2, 0) is 4.79 Å². The third-order valence-electron chi connectivity index (χ3n) is 4.07. The van der Waals surface area contributed by atoms with Gasteiger partial charge >= 0.3 is 5.97 Å². The maximum Gasteiger partial charge on any atom is 0.336 e. The van der Waals surface area contributed by atoms with Crippen molar-refractivity contribution < 1.29 is 19.5 Å². The highest BCUT2D eigenvalue weighted by molar-refractivity contribution is 8.00. The molecule has 3 aromatic rings. The van der Waals surface area contributed by atoms with Crippen molar-refractivity contribution in [2.24, 2.45) is 0 Å². The number of rotatable bonds is 7. The first-order chi connectivity index (χ1) is 14.8. The van der Waals surface area contributed by atoms with Gasteiger partial charge in [0.1, 0.15) is 0 Å². The van der Waals surface area contributed by atoms with Gasteiger partial charge < -0.3 is 15.7 Å². The number of amides is 2. The molecule has 0 aliphatic heterocycles. The number of benzene rings is 3. The SMILES string of the molecule is O=C(CSc1cccc(NC(=O)c2ccccc2C(=O)O)c1)Nc1ccc(Cl)c(Cl)c1. The lowest BCUT2D eigenvalue weighted by Gasteiger charge is -2.10. The molecule has 0 saturated heterocycles. The Balaban J connectivity index is 1.61. The van der Waals surface area contributed by atoms with Gasteiger partial charge in [0.05, 0.1) is 26.9 Å². The van der Waals surface area contributed by atoms with E-state index in [4.69, 9.17) is 23.2 Å². The number of carbonyl (C=O) groups excluding carboxylic acids is 2. The molecule has 0 bridgehead atoms. The molecule has 0 fully saturated rings. The Kier molecular flexibility index (Phi) is 7.57. The number of carboxylic acids is 1. The van der Waals surface area contributed by atoms with E-state index < -0.39 is 11.9 Å². The van der Waals surface area contributed by atoms with E-state index in [1.54, 1.807) is 54.6 Å². The minimum Gasteiger partial charge on any atom is -0.478 e. The third kappa shape index (κ3) is 6.24. The van der Waals surface area contributed by atoms with Crippen molar-refractivity contribution in [2.45, 2.75) is 4.90 Å². The molecule has 0 aromatic heterocycles. The Hall–Kier alpha value is -3.00. The predicted molar refractivity (Wildman–Crippen MR) is 124 cm³/mol. The average molecular weight is 475 g/mol. The topological polar surface area (TPSA) is 95.5 Å². The number of hydrogen-bond donors (Lipinski definition) is 3. The summed E-state index contributed by atoms with van der Waals surface area (Å²) in [5.74, 6) is -1.80. The van der Waals surface area contributed by atoms with E-state index in [0.29, 0.717) is 21.4 Å². The summed E-state index contributed by atoms with van der Waals surface area (Å²) in [6.07, 6.45) is 0. The van der Waals surface area contributed by atoms with Crippen LogP contribution in [0, 0.1) is 0 Å². The number of nitrogens with one attached hydrogen (secondary N) is 2. The van der Waals surface area contributed by atoms with E-state index in [1.165, 1.54) is 23.9 Å². The van der Waals surface area contributed by atoms with Gasteiger partial charge in [0, 0.05) is 16.3 Å². The number of carbonyl (C=O) groups is 3. The summed E-state index contributed by atoms with van der Waals surface area (Å²) in [4.78, 5) is 36.8. The van der Waals surface area contributed by atoms with Gasteiger partial charge in [-0.15, -0.1) is 11.8 Å². The van der Waals surface area contributed by atoms with Gasteiger partial charge in [-0.1, -0.05) is 41.4 Å². The normalized spacial score (nSPS) is 10.4. The largest absolute Gasteiger partial charge is 0.478 e. The van der Waals surface area contributed by atoms with E-state index in [9.17, 15) is 19.5 Å². The van der Waals surface area contributed by atoms with Crippen LogP contribution < -0.4 is 10.6 Å². The van der Waals surface area contributed by atoms with Gasteiger partial charge in [-0.2, -0.15) is 0 Å². The van der Waals surface area contributed by atoms with Crippen LogP contribution in [-0.4, -0.2) is 28.6 Å². The molecule has 6 nitrogen and oxygen atoms in total. The van der Waals surface area contributed by atoms with Gasteiger partial charge in [-0.3, -0.25) is 9.59 Å². The summed E-state index contributed by atoms with van der Waals surface area (Å²) in [5.41, 5.74) is 1.01. The Labute approximate surface area is 192 Å². The van der Waals surface area contributed by atoms with E-state index >= 15 is 0 Å². The zero-order chi connectivity index (χ0) is 22.4. The van der Waals surface area contributed by atoms with E-state index in [-0.39, 0.29) is 22.8 Å². The van der Waals surface area contributed by atoms with Gasteiger partial charge in [-0.25, -0.2) is 4.79 Å². The molecule has 3 aromatic carbocycles. The number of hydrogen-bond acceptors (Lipinski definition) is 4. The molecule has 0 aliphatic rings. The van der Waals surface area contributed by atoms with Crippen LogP contribution in [0.2, 0.25) is 10.0 Å². The zero-order valence-electron chi connectivity index (χ0n) is 15.9.